The number of nitrogens with one attached hydrogen (secondary N) is 1. The number of hydrogen-bond acceptors (Lipinski definition) is 3. The van der Waals surface area contributed by atoms with E-state index < -0.39 is 22.1 Å². The summed E-state index contributed by atoms with van der Waals surface area (Å²) < 4.78 is 64.9. The van der Waals surface area contributed by atoms with E-state index in [0.29, 0.717) is 0 Å². The fourth-order valence-corrected chi connectivity index (χ4v) is 2.64. The van der Waals surface area contributed by atoms with E-state index in [-0.39, 0.29) is 23.7 Å². The number of sulfonamides is 1. The van der Waals surface area contributed by atoms with Crippen molar-refractivity contribution in [3.8, 4) is 5.75 Å². The molecule has 0 heterocycles. The van der Waals surface area contributed by atoms with Crippen LogP contribution in [-0.4, -0.2) is 26.4 Å². The second-order valence-corrected chi connectivity index (χ2v) is 5.76. The highest BCUT2D eigenvalue weighted by Crippen LogP contribution is 2.25. The lowest BCUT2D eigenvalue weighted by Crippen LogP contribution is -2.18. The van der Waals surface area contributed by atoms with Gasteiger partial charge in [-0.05, 0) is 18.6 Å². The summed E-state index contributed by atoms with van der Waals surface area (Å²) in [6, 6.07) is 4.59. The molecule has 9 heteroatoms. The molecule has 0 fully saturated rings. The Balaban J connectivity index is 2.77. The molecule has 4 nitrogen and oxygen atoms in total. The number of ether oxygens (including phenoxy) is 1. The van der Waals surface area contributed by atoms with E-state index in [1.807, 2.05) is 0 Å². The van der Waals surface area contributed by atoms with E-state index in [1.165, 1.54) is 12.1 Å². The van der Waals surface area contributed by atoms with Crippen molar-refractivity contribution < 1.29 is 26.3 Å². The molecule has 1 aromatic carbocycles. The number of alkyl halides is 4. The van der Waals surface area contributed by atoms with Crippen molar-refractivity contribution in [3.05, 3.63) is 24.3 Å². The van der Waals surface area contributed by atoms with E-state index in [4.69, 9.17) is 11.6 Å². The van der Waals surface area contributed by atoms with Gasteiger partial charge in [-0.15, -0.1) is 24.8 Å². The Hall–Kier alpha value is -1.15. The predicted molar refractivity (Wildman–Crippen MR) is 65.9 cm³/mol. The lowest BCUT2D eigenvalue weighted by molar-refractivity contribution is -0.274. The van der Waals surface area contributed by atoms with Crippen LogP contribution in [0.15, 0.2) is 24.3 Å². The summed E-state index contributed by atoms with van der Waals surface area (Å²) in [4.78, 5) is 0. The van der Waals surface area contributed by atoms with Crippen LogP contribution in [-0.2, 0) is 10.0 Å². The molecule has 0 bridgehead atoms. The molecular weight excluding hydrogens is 307 g/mol. The zero-order valence-electron chi connectivity index (χ0n) is 9.58. The average molecular weight is 318 g/mol. The molecule has 0 unspecified atom stereocenters. The number of halogens is 4. The smallest absolute Gasteiger partial charge is 0.406 e. The van der Waals surface area contributed by atoms with Crippen molar-refractivity contribution in [1.82, 2.24) is 0 Å². The largest absolute Gasteiger partial charge is 0.573 e. The fraction of sp³-hybridized carbons (Fsp3) is 0.400. The highest BCUT2D eigenvalue weighted by atomic mass is 35.5. The summed E-state index contributed by atoms with van der Waals surface area (Å²) in [6.45, 7) is 0. The first-order valence-electron chi connectivity index (χ1n) is 5.14. The van der Waals surface area contributed by atoms with Crippen LogP contribution >= 0.6 is 11.6 Å². The van der Waals surface area contributed by atoms with Gasteiger partial charge >= 0.3 is 6.36 Å². The SMILES string of the molecule is O=S(=O)(CCCCl)Nc1cccc(OC(F)(F)F)c1. The second kappa shape index (κ2) is 6.33. The van der Waals surface area contributed by atoms with Gasteiger partial charge in [0, 0.05) is 11.9 Å². The zero-order chi connectivity index (χ0) is 14.5. The van der Waals surface area contributed by atoms with Crippen LogP contribution in [0.4, 0.5) is 18.9 Å². The molecule has 0 amide bonds. The number of anilines is 1. The Morgan fingerprint density at radius 1 is 1.32 bits per heavy atom. The molecule has 0 saturated heterocycles. The van der Waals surface area contributed by atoms with Crippen molar-refractivity contribution in [2.75, 3.05) is 16.4 Å². The van der Waals surface area contributed by atoms with Crippen molar-refractivity contribution in [3.63, 3.8) is 0 Å². The van der Waals surface area contributed by atoms with Gasteiger partial charge < -0.3 is 4.74 Å². The molecule has 0 atom stereocenters. The monoisotopic (exact) mass is 317 g/mol. The first kappa shape index (κ1) is 15.9. The summed E-state index contributed by atoms with van der Waals surface area (Å²) in [7, 11) is -3.63. The molecule has 0 aromatic heterocycles. The van der Waals surface area contributed by atoms with Crippen LogP contribution in [0.25, 0.3) is 0 Å². The molecular formula is C10H11ClF3NO3S. The van der Waals surface area contributed by atoms with Gasteiger partial charge in [0.2, 0.25) is 10.0 Å². The van der Waals surface area contributed by atoms with Gasteiger partial charge in [0.25, 0.3) is 0 Å². The molecule has 0 saturated carbocycles. The van der Waals surface area contributed by atoms with Crippen molar-refractivity contribution >= 4 is 27.3 Å². The molecule has 0 aliphatic carbocycles. The molecule has 0 aliphatic rings. The van der Waals surface area contributed by atoms with Crippen LogP contribution in [0.3, 0.4) is 0 Å². The van der Waals surface area contributed by atoms with Crippen LogP contribution in [0.2, 0.25) is 0 Å². The summed E-state index contributed by atoms with van der Waals surface area (Å²) in [5, 5.41) is 0. The molecule has 0 aliphatic heterocycles. The van der Waals surface area contributed by atoms with Gasteiger partial charge in [0.05, 0.1) is 11.4 Å². The second-order valence-electron chi connectivity index (χ2n) is 3.54. The molecule has 1 N–H and O–H groups in total. The van der Waals surface area contributed by atoms with Crippen LogP contribution in [0, 0.1) is 0 Å². The van der Waals surface area contributed by atoms with E-state index in [2.05, 4.69) is 9.46 Å². The Morgan fingerprint density at radius 2 is 2.00 bits per heavy atom. The third kappa shape index (κ3) is 6.53. The van der Waals surface area contributed by atoms with Gasteiger partial charge in [-0.25, -0.2) is 8.42 Å². The van der Waals surface area contributed by atoms with Crippen molar-refractivity contribution in [2.24, 2.45) is 0 Å². The predicted octanol–water partition coefficient (Wildman–Crippen LogP) is 2.96. The highest BCUT2D eigenvalue weighted by molar-refractivity contribution is 7.92. The third-order valence-electron chi connectivity index (χ3n) is 1.89. The molecule has 108 valence electrons. The summed E-state index contributed by atoms with van der Waals surface area (Å²) in [6.07, 6.45) is -4.58. The topological polar surface area (TPSA) is 55.4 Å². The molecule has 19 heavy (non-hydrogen) atoms. The molecule has 1 rings (SSSR count). The summed E-state index contributed by atoms with van der Waals surface area (Å²) >= 11 is 5.37. The fourth-order valence-electron chi connectivity index (χ4n) is 1.23. The quantitative estimate of drug-likeness (QED) is 0.821. The molecule has 0 spiro atoms. The minimum Gasteiger partial charge on any atom is -0.406 e. The minimum atomic E-state index is -4.82. The normalized spacial score (nSPS) is 12.2. The number of rotatable bonds is 6. The Morgan fingerprint density at radius 3 is 2.58 bits per heavy atom. The van der Waals surface area contributed by atoms with E-state index in [1.54, 1.807) is 0 Å². The molecule has 1 aromatic rings. The summed E-state index contributed by atoms with van der Waals surface area (Å²) in [5.74, 6) is -0.524. The Bertz CT molecular complexity index is 519. The van der Waals surface area contributed by atoms with E-state index in [0.717, 1.165) is 12.1 Å². The van der Waals surface area contributed by atoms with Gasteiger partial charge in [0.1, 0.15) is 5.75 Å². The van der Waals surface area contributed by atoms with Gasteiger partial charge in [-0.2, -0.15) is 0 Å². The zero-order valence-corrected chi connectivity index (χ0v) is 11.1. The lowest BCUT2D eigenvalue weighted by Gasteiger charge is -2.11. The maximum Gasteiger partial charge on any atom is 0.573 e. The van der Waals surface area contributed by atoms with E-state index >= 15 is 0 Å². The maximum atomic E-state index is 12.0. The Kier molecular flexibility index (Phi) is 5.30. The van der Waals surface area contributed by atoms with Crippen molar-refractivity contribution in [1.29, 1.82) is 0 Å². The number of hydrogen-bond donors (Lipinski definition) is 1. The van der Waals surface area contributed by atoms with E-state index in [9.17, 15) is 21.6 Å². The Labute approximate surface area is 113 Å². The van der Waals surface area contributed by atoms with Crippen LogP contribution in [0.5, 0.6) is 5.75 Å². The van der Waals surface area contributed by atoms with Gasteiger partial charge in [-0.1, -0.05) is 6.07 Å². The van der Waals surface area contributed by atoms with Crippen LogP contribution in [0.1, 0.15) is 6.42 Å². The van der Waals surface area contributed by atoms with Crippen molar-refractivity contribution in [2.45, 2.75) is 12.8 Å². The first-order valence-corrected chi connectivity index (χ1v) is 7.33. The maximum absolute atomic E-state index is 12.0. The first-order chi connectivity index (χ1) is 8.72. The summed E-state index contributed by atoms with van der Waals surface area (Å²) in [5.41, 5.74) is -0.00341. The van der Waals surface area contributed by atoms with Gasteiger partial charge in [0.15, 0.2) is 0 Å². The average Bonchev–Trinajstić information content (AvgIpc) is 2.24. The van der Waals surface area contributed by atoms with Crippen LogP contribution < -0.4 is 9.46 Å². The lowest BCUT2D eigenvalue weighted by atomic mass is 10.3. The standard InChI is InChI=1S/C10H11ClF3NO3S/c11-5-2-6-19(16,17)15-8-3-1-4-9(7-8)18-10(12,13)14/h1,3-4,7,15H,2,5-6H2. The minimum absolute atomic E-state index is 0.00341. The highest BCUT2D eigenvalue weighted by Gasteiger charge is 2.31. The molecule has 0 radical (unpaired) electrons. The number of benzene rings is 1. The van der Waals surface area contributed by atoms with Gasteiger partial charge in [-0.3, -0.25) is 4.72 Å². The third-order valence-corrected chi connectivity index (χ3v) is 3.53.